The van der Waals surface area contributed by atoms with Crippen LogP contribution in [0.25, 0.3) is 0 Å². The smallest absolute Gasteiger partial charge is 0.0479 e. The van der Waals surface area contributed by atoms with Gasteiger partial charge in [0.2, 0.25) is 0 Å². The molecule has 0 amide bonds. The Kier molecular flexibility index (Phi) is 4.59. The van der Waals surface area contributed by atoms with E-state index in [2.05, 4.69) is 19.6 Å². The highest BCUT2D eigenvalue weighted by molar-refractivity contribution is 8.11. The molecule has 0 aliphatic heterocycles. The molecule has 1 rings (SSSR count). The second kappa shape index (κ2) is 5.23. The molecule has 1 aliphatic carbocycles. The van der Waals surface area contributed by atoms with Crippen molar-refractivity contribution in [1.29, 1.82) is 0 Å². The molecule has 0 N–H and O–H groups in total. The first-order chi connectivity index (χ1) is 5.70. The van der Waals surface area contributed by atoms with E-state index in [0.717, 1.165) is 10.1 Å². The maximum Gasteiger partial charge on any atom is 0.0479 e. The summed E-state index contributed by atoms with van der Waals surface area (Å²) >= 11 is 9.41. The zero-order valence-electron chi connectivity index (χ0n) is 7.75. The number of hydrogen-bond donors (Lipinski definition) is 1. The quantitative estimate of drug-likeness (QED) is 0.498. The van der Waals surface area contributed by atoms with Crippen LogP contribution in [0.5, 0.6) is 0 Å². The third-order valence-electron chi connectivity index (χ3n) is 2.86. The Bertz CT molecular complexity index is 154. The maximum atomic E-state index is 5.12. The average molecular weight is 202 g/mol. The van der Waals surface area contributed by atoms with E-state index >= 15 is 0 Å². The Morgan fingerprint density at radius 2 is 1.83 bits per heavy atom. The predicted octanol–water partition coefficient (Wildman–Crippen LogP) is 3.85. The van der Waals surface area contributed by atoms with E-state index in [4.69, 9.17) is 12.2 Å². The maximum absolute atomic E-state index is 5.12. The summed E-state index contributed by atoms with van der Waals surface area (Å²) in [6.07, 6.45) is 8.01. The van der Waals surface area contributed by atoms with Crippen LogP contribution in [0.15, 0.2) is 0 Å². The number of hydrogen-bond acceptors (Lipinski definition) is 1. The van der Waals surface area contributed by atoms with Gasteiger partial charge in [0.15, 0.2) is 0 Å². The first-order valence-corrected chi connectivity index (χ1v) is 5.78. The summed E-state index contributed by atoms with van der Waals surface area (Å²) in [7, 11) is 0. The molecular weight excluding hydrogens is 184 g/mol. The lowest BCUT2D eigenvalue weighted by atomic mass is 9.87. The van der Waals surface area contributed by atoms with Crippen molar-refractivity contribution < 1.29 is 0 Å². The summed E-state index contributed by atoms with van der Waals surface area (Å²) in [5.41, 5.74) is 0. The highest BCUT2D eigenvalue weighted by atomic mass is 32.1. The van der Waals surface area contributed by atoms with Crippen LogP contribution in [-0.4, -0.2) is 4.20 Å². The van der Waals surface area contributed by atoms with Crippen molar-refractivity contribution in [2.45, 2.75) is 45.4 Å². The Balaban J connectivity index is 2.39. The van der Waals surface area contributed by atoms with Crippen LogP contribution < -0.4 is 0 Å². The molecule has 2 atom stereocenters. The molecule has 70 valence electrons. The fraction of sp³-hybridized carbons (Fsp3) is 0.900. The van der Waals surface area contributed by atoms with Crippen molar-refractivity contribution in [3.8, 4) is 0 Å². The van der Waals surface area contributed by atoms with E-state index in [1.165, 1.54) is 38.5 Å². The van der Waals surface area contributed by atoms with Crippen molar-refractivity contribution in [3.63, 3.8) is 0 Å². The van der Waals surface area contributed by atoms with E-state index in [9.17, 15) is 0 Å². The molecule has 0 spiro atoms. The fourth-order valence-corrected chi connectivity index (χ4v) is 2.40. The largest absolute Gasteiger partial charge is 0.136 e. The van der Waals surface area contributed by atoms with Crippen LogP contribution in [0.4, 0.5) is 0 Å². The Labute approximate surface area is 86.5 Å². The van der Waals surface area contributed by atoms with Gasteiger partial charge in [0.05, 0.1) is 0 Å². The topological polar surface area (TPSA) is 0 Å². The van der Waals surface area contributed by atoms with Crippen LogP contribution in [0.3, 0.4) is 0 Å². The summed E-state index contributed by atoms with van der Waals surface area (Å²) in [4.78, 5) is 0. The van der Waals surface area contributed by atoms with Gasteiger partial charge in [0.25, 0.3) is 0 Å². The lowest BCUT2D eigenvalue weighted by Crippen LogP contribution is -2.12. The van der Waals surface area contributed by atoms with Crippen LogP contribution in [-0.2, 0) is 0 Å². The van der Waals surface area contributed by atoms with Gasteiger partial charge in [0, 0.05) is 4.20 Å². The van der Waals surface area contributed by atoms with E-state index < -0.39 is 0 Å². The van der Waals surface area contributed by atoms with Crippen molar-refractivity contribution in [2.24, 2.45) is 11.8 Å². The summed E-state index contributed by atoms with van der Waals surface area (Å²) in [6.45, 7) is 2.35. The van der Waals surface area contributed by atoms with Crippen LogP contribution in [0, 0.1) is 11.8 Å². The van der Waals surface area contributed by atoms with Gasteiger partial charge in [-0.05, 0) is 24.7 Å². The molecule has 0 aromatic heterocycles. The Morgan fingerprint density at radius 1 is 1.17 bits per heavy atom. The van der Waals surface area contributed by atoms with Gasteiger partial charge in [-0.15, -0.1) is 12.6 Å². The van der Waals surface area contributed by atoms with Crippen LogP contribution >= 0.6 is 24.8 Å². The van der Waals surface area contributed by atoms with E-state index in [-0.39, 0.29) is 0 Å². The molecule has 0 aromatic rings. The van der Waals surface area contributed by atoms with Crippen molar-refractivity contribution in [2.75, 3.05) is 0 Å². The summed E-state index contributed by atoms with van der Waals surface area (Å²) in [5.74, 6) is 1.52. The molecule has 0 radical (unpaired) electrons. The third-order valence-corrected chi connectivity index (χ3v) is 3.56. The SMILES string of the molecule is CC1CCCCC(C(=S)S)CC1. The van der Waals surface area contributed by atoms with Crippen molar-refractivity contribution in [3.05, 3.63) is 0 Å². The molecule has 2 unspecified atom stereocenters. The lowest BCUT2D eigenvalue weighted by molar-refractivity contribution is 0.376. The number of thiocarbonyl (C=S) groups is 1. The van der Waals surface area contributed by atoms with Crippen molar-refractivity contribution in [1.82, 2.24) is 0 Å². The zero-order valence-corrected chi connectivity index (χ0v) is 9.46. The van der Waals surface area contributed by atoms with Gasteiger partial charge in [-0.3, -0.25) is 0 Å². The molecule has 1 saturated carbocycles. The van der Waals surface area contributed by atoms with Gasteiger partial charge < -0.3 is 0 Å². The minimum absolute atomic E-state index is 0.617. The Hall–Kier alpha value is 0.440. The molecule has 12 heavy (non-hydrogen) atoms. The van der Waals surface area contributed by atoms with Gasteiger partial charge >= 0.3 is 0 Å². The van der Waals surface area contributed by atoms with Crippen LogP contribution in [0.2, 0.25) is 0 Å². The van der Waals surface area contributed by atoms with Gasteiger partial charge in [-0.25, -0.2) is 0 Å². The second-order valence-corrected chi connectivity index (χ2v) is 5.23. The van der Waals surface area contributed by atoms with E-state index in [1.54, 1.807) is 0 Å². The predicted molar refractivity (Wildman–Crippen MR) is 61.9 cm³/mol. The normalized spacial score (nSPS) is 32.2. The molecule has 2 heteroatoms. The molecule has 1 fully saturated rings. The van der Waals surface area contributed by atoms with Crippen LogP contribution in [0.1, 0.15) is 45.4 Å². The van der Waals surface area contributed by atoms with Gasteiger partial charge in [-0.2, -0.15) is 0 Å². The summed E-state index contributed by atoms with van der Waals surface area (Å²) in [6, 6.07) is 0. The highest BCUT2D eigenvalue weighted by Gasteiger charge is 2.16. The molecular formula is C10H18S2. The number of thiol groups is 1. The van der Waals surface area contributed by atoms with Gasteiger partial charge in [0.1, 0.15) is 0 Å². The monoisotopic (exact) mass is 202 g/mol. The molecule has 0 aromatic carbocycles. The first kappa shape index (κ1) is 10.5. The zero-order chi connectivity index (χ0) is 8.97. The second-order valence-electron chi connectivity index (χ2n) is 4.00. The van der Waals surface area contributed by atoms with Crippen molar-refractivity contribution >= 4 is 29.0 Å². The summed E-state index contributed by atoms with van der Waals surface area (Å²) in [5, 5.41) is 0. The average Bonchev–Trinajstić information content (AvgIpc) is 1.97. The molecule has 0 nitrogen and oxygen atoms in total. The molecule has 0 saturated heterocycles. The molecule has 0 bridgehead atoms. The minimum Gasteiger partial charge on any atom is -0.136 e. The highest BCUT2D eigenvalue weighted by Crippen LogP contribution is 2.27. The Morgan fingerprint density at radius 3 is 2.50 bits per heavy atom. The summed E-state index contributed by atoms with van der Waals surface area (Å²) < 4.78 is 0.934. The first-order valence-electron chi connectivity index (χ1n) is 4.93. The molecule has 0 heterocycles. The van der Waals surface area contributed by atoms with E-state index in [0.29, 0.717) is 5.92 Å². The van der Waals surface area contributed by atoms with E-state index in [1.807, 2.05) is 0 Å². The van der Waals surface area contributed by atoms with Gasteiger partial charge in [-0.1, -0.05) is 44.8 Å². The minimum atomic E-state index is 0.617. The lowest BCUT2D eigenvalue weighted by Gasteiger charge is -2.21. The standard InChI is InChI=1S/C10H18S2/c1-8-4-2-3-5-9(7-6-8)10(11)12/h8-9H,2-7H2,1H3,(H,11,12). The molecule has 1 aliphatic rings. The third kappa shape index (κ3) is 3.44. The fourth-order valence-electron chi connectivity index (χ4n) is 1.90. The number of rotatable bonds is 1.